The van der Waals surface area contributed by atoms with Gasteiger partial charge in [-0.15, -0.1) is 11.3 Å². The molecule has 0 aliphatic carbocycles. The summed E-state index contributed by atoms with van der Waals surface area (Å²) in [5.74, 6) is 0.0264. The third-order valence-corrected chi connectivity index (χ3v) is 4.29. The van der Waals surface area contributed by atoms with Crippen LogP contribution < -0.4 is 5.32 Å². The molecule has 3 nitrogen and oxygen atoms in total. The van der Waals surface area contributed by atoms with Gasteiger partial charge in [-0.25, -0.2) is 0 Å². The van der Waals surface area contributed by atoms with Crippen LogP contribution in [0.4, 0.5) is 5.69 Å². The van der Waals surface area contributed by atoms with Crippen LogP contribution in [-0.2, 0) is 0 Å². The first-order chi connectivity index (χ1) is 9.47. The Morgan fingerprint density at radius 1 is 1.15 bits per heavy atom. The molecule has 0 saturated carbocycles. The molecule has 1 atom stereocenters. The van der Waals surface area contributed by atoms with Gasteiger partial charge in [-0.3, -0.25) is 4.79 Å². The summed E-state index contributed by atoms with van der Waals surface area (Å²) in [6.45, 7) is 4.26. The zero-order chi connectivity index (χ0) is 14.7. The number of amides is 1. The zero-order valence-corrected chi connectivity index (χ0v) is 13.1. The molecular formula is C16H20N2OS. The van der Waals surface area contributed by atoms with Crippen LogP contribution in [-0.4, -0.2) is 24.9 Å². The predicted molar refractivity (Wildman–Crippen MR) is 85.6 cm³/mol. The van der Waals surface area contributed by atoms with Crippen molar-refractivity contribution in [3.05, 3.63) is 51.7 Å². The lowest BCUT2D eigenvalue weighted by atomic mass is 10.1. The van der Waals surface area contributed by atoms with Crippen molar-refractivity contribution >= 4 is 22.9 Å². The second kappa shape index (κ2) is 6.09. The van der Waals surface area contributed by atoms with Crippen LogP contribution in [0.3, 0.4) is 0 Å². The summed E-state index contributed by atoms with van der Waals surface area (Å²) in [7, 11) is 3.52. The fourth-order valence-corrected chi connectivity index (χ4v) is 2.85. The molecule has 20 heavy (non-hydrogen) atoms. The Balaban J connectivity index is 2.05. The van der Waals surface area contributed by atoms with E-state index >= 15 is 0 Å². The Bertz CT molecular complexity index is 587. The minimum Gasteiger partial charge on any atom is -0.378 e. The lowest BCUT2D eigenvalue weighted by Gasteiger charge is -2.15. The van der Waals surface area contributed by atoms with Crippen LogP contribution in [0.25, 0.3) is 0 Å². The standard InChI is InChI=1S/C16H20N2OS/c1-11-5-10-15(20-11)12(2)17-14-8-6-13(7-9-14)16(19)18(3)4/h5-10,12,17H,1-4H3. The van der Waals surface area contributed by atoms with Gasteiger partial charge >= 0.3 is 0 Å². The monoisotopic (exact) mass is 288 g/mol. The zero-order valence-electron chi connectivity index (χ0n) is 12.3. The number of hydrogen-bond acceptors (Lipinski definition) is 3. The molecule has 1 aromatic heterocycles. The molecule has 0 aliphatic rings. The van der Waals surface area contributed by atoms with E-state index in [1.807, 2.05) is 24.3 Å². The third kappa shape index (κ3) is 3.39. The van der Waals surface area contributed by atoms with E-state index in [1.54, 1.807) is 30.3 Å². The first-order valence-electron chi connectivity index (χ1n) is 6.62. The number of nitrogens with zero attached hydrogens (tertiary/aromatic N) is 1. The van der Waals surface area contributed by atoms with Gasteiger partial charge in [0.1, 0.15) is 0 Å². The Morgan fingerprint density at radius 3 is 2.30 bits per heavy atom. The number of nitrogens with one attached hydrogen (secondary N) is 1. The number of thiophene rings is 1. The van der Waals surface area contributed by atoms with Gasteiger partial charge in [-0.1, -0.05) is 0 Å². The topological polar surface area (TPSA) is 32.3 Å². The van der Waals surface area contributed by atoms with Gasteiger partial charge in [0.05, 0.1) is 6.04 Å². The molecule has 1 aromatic carbocycles. The van der Waals surface area contributed by atoms with Gasteiger partial charge in [0.25, 0.3) is 5.91 Å². The maximum atomic E-state index is 11.8. The first kappa shape index (κ1) is 14.6. The van der Waals surface area contributed by atoms with Gasteiger partial charge in [0.2, 0.25) is 0 Å². The Labute approximate surface area is 124 Å². The van der Waals surface area contributed by atoms with Gasteiger partial charge < -0.3 is 10.2 Å². The number of rotatable bonds is 4. The van der Waals surface area contributed by atoms with Crippen molar-refractivity contribution in [2.45, 2.75) is 19.9 Å². The summed E-state index contributed by atoms with van der Waals surface area (Å²) in [4.78, 5) is 16.0. The number of anilines is 1. The molecule has 2 rings (SSSR count). The molecule has 0 aliphatic heterocycles. The van der Waals surface area contributed by atoms with Crippen LogP contribution in [0.5, 0.6) is 0 Å². The van der Waals surface area contributed by atoms with Gasteiger partial charge in [-0.2, -0.15) is 0 Å². The van der Waals surface area contributed by atoms with Gasteiger partial charge in [0.15, 0.2) is 0 Å². The van der Waals surface area contributed by atoms with E-state index in [2.05, 4.69) is 31.3 Å². The highest BCUT2D eigenvalue weighted by molar-refractivity contribution is 7.12. The average molecular weight is 288 g/mol. The quantitative estimate of drug-likeness (QED) is 0.924. The molecule has 1 N–H and O–H groups in total. The smallest absolute Gasteiger partial charge is 0.253 e. The van der Waals surface area contributed by atoms with Crippen LogP contribution in [0.2, 0.25) is 0 Å². The summed E-state index contributed by atoms with van der Waals surface area (Å²) in [6.07, 6.45) is 0. The number of benzene rings is 1. The average Bonchev–Trinajstić information content (AvgIpc) is 2.85. The number of carbonyl (C=O) groups excluding carboxylic acids is 1. The molecule has 0 bridgehead atoms. The van der Waals surface area contributed by atoms with Crippen molar-refractivity contribution in [2.75, 3.05) is 19.4 Å². The molecule has 4 heteroatoms. The lowest BCUT2D eigenvalue weighted by Crippen LogP contribution is -2.21. The van der Waals surface area contributed by atoms with Crippen LogP contribution >= 0.6 is 11.3 Å². The van der Waals surface area contributed by atoms with E-state index in [4.69, 9.17) is 0 Å². The van der Waals surface area contributed by atoms with Gasteiger partial charge in [0, 0.05) is 35.1 Å². The highest BCUT2D eigenvalue weighted by Gasteiger charge is 2.09. The lowest BCUT2D eigenvalue weighted by molar-refractivity contribution is 0.0827. The maximum absolute atomic E-state index is 11.8. The Kier molecular flexibility index (Phi) is 4.45. The molecule has 1 amide bonds. The molecule has 0 spiro atoms. The third-order valence-electron chi connectivity index (χ3n) is 3.11. The van der Waals surface area contributed by atoms with E-state index in [0.29, 0.717) is 5.56 Å². The second-order valence-corrected chi connectivity index (χ2v) is 6.41. The summed E-state index contributed by atoms with van der Waals surface area (Å²) in [5.41, 5.74) is 1.74. The van der Waals surface area contributed by atoms with Crippen molar-refractivity contribution < 1.29 is 4.79 Å². The van der Waals surface area contributed by atoms with E-state index < -0.39 is 0 Å². The summed E-state index contributed by atoms with van der Waals surface area (Å²) in [6, 6.07) is 12.2. The number of aryl methyl sites for hydroxylation is 1. The molecule has 0 saturated heterocycles. The minimum absolute atomic E-state index is 0.0264. The summed E-state index contributed by atoms with van der Waals surface area (Å²) < 4.78 is 0. The van der Waals surface area contributed by atoms with Gasteiger partial charge in [-0.05, 0) is 50.2 Å². The fraction of sp³-hybridized carbons (Fsp3) is 0.312. The van der Waals surface area contributed by atoms with Crippen molar-refractivity contribution in [3.63, 3.8) is 0 Å². The minimum atomic E-state index is 0.0264. The normalized spacial score (nSPS) is 12.0. The molecule has 1 unspecified atom stereocenters. The first-order valence-corrected chi connectivity index (χ1v) is 7.43. The summed E-state index contributed by atoms with van der Waals surface area (Å²) >= 11 is 1.80. The van der Waals surface area contributed by atoms with E-state index in [0.717, 1.165) is 5.69 Å². The van der Waals surface area contributed by atoms with E-state index in [9.17, 15) is 4.79 Å². The highest BCUT2D eigenvalue weighted by atomic mass is 32.1. The van der Waals surface area contributed by atoms with Crippen LogP contribution in [0, 0.1) is 6.92 Å². The number of hydrogen-bond donors (Lipinski definition) is 1. The SMILES string of the molecule is Cc1ccc(C(C)Nc2ccc(C(=O)N(C)C)cc2)s1. The van der Waals surface area contributed by atoms with Crippen LogP contribution in [0.15, 0.2) is 36.4 Å². The number of carbonyl (C=O) groups is 1. The predicted octanol–water partition coefficient (Wildman–Crippen LogP) is 3.93. The maximum Gasteiger partial charge on any atom is 0.253 e. The molecule has 0 fully saturated rings. The van der Waals surface area contributed by atoms with Crippen LogP contribution in [0.1, 0.15) is 33.1 Å². The molecule has 0 radical (unpaired) electrons. The molecule has 106 valence electrons. The van der Waals surface area contributed by atoms with Crippen molar-refractivity contribution in [2.24, 2.45) is 0 Å². The van der Waals surface area contributed by atoms with E-state index in [1.165, 1.54) is 9.75 Å². The molecular weight excluding hydrogens is 268 g/mol. The van der Waals surface area contributed by atoms with Crippen molar-refractivity contribution in [1.29, 1.82) is 0 Å². The largest absolute Gasteiger partial charge is 0.378 e. The Morgan fingerprint density at radius 2 is 1.80 bits per heavy atom. The van der Waals surface area contributed by atoms with Crippen molar-refractivity contribution in [3.8, 4) is 0 Å². The van der Waals surface area contributed by atoms with E-state index in [-0.39, 0.29) is 11.9 Å². The highest BCUT2D eigenvalue weighted by Crippen LogP contribution is 2.25. The fourth-order valence-electron chi connectivity index (χ4n) is 1.97. The summed E-state index contributed by atoms with van der Waals surface area (Å²) in [5, 5.41) is 3.45. The second-order valence-electron chi connectivity index (χ2n) is 5.09. The molecule has 1 heterocycles. The Hall–Kier alpha value is -1.81. The van der Waals surface area contributed by atoms with Crippen molar-refractivity contribution in [1.82, 2.24) is 4.90 Å². The molecule has 2 aromatic rings.